The summed E-state index contributed by atoms with van der Waals surface area (Å²) in [6.07, 6.45) is 0. The van der Waals surface area contributed by atoms with Crippen LogP contribution in [-0.4, -0.2) is 0 Å². The summed E-state index contributed by atoms with van der Waals surface area (Å²) in [5.74, 6) is -0.299. The summed E-state index contributed by atoms with van der Waals surface area (Å²) in [6.45, 7) is 0. The van der Waals surface area contributed by atoms with Crippen LogP contribution in [0.1, 0.15) is 5.56 Å². The van der Waals surface area contributed by atoms with Gasteiger partial charge in [0.2, 0.25) is 0 Å². The molecule has 0 atom stereocenters. The van der Waals surface area contributed by atoms with Gasteiger partial charge in [-0.25, -0.2) is 4.39 Å². The van der Waals surface area contributed by atoms with Crippen LogP contribution < -0.4 is 5.32 Å². The Morgan fingerprint density at radius 1 is 1.00 bits per heavy atom. The minimum atomic E-state index is -0.299. The van der Waals surface area contributed by atoms with Crippen molar-refractivity contribution >= 4 is 11.4 Å². The second-order valence-electron chi connectivity index (χ2n) is 3.29. The normalized spacial score (nSPS) is 9.50. The lowest BCUT2D eigenvalue weighted by Gasteiger charge is -2.06. The molecule has 0 fully saturated rings. The fourth-order valence-corrected chi connectivity index (χ4v) is 1.35. The minimum Gasteiger partial charge on any atom is -0.353 e. The quantitative estimate of drug-likeness (QED) is 0.827. The van der Waals surface area contributed by atoms with Crippen LogP contribution in [0, 0.1) is 17.1 Å². The van der Waals surface area contributed by atoms with E-state index in [4.69, 9.17) is 5.26 Å². The number of nitrogens with zero attached hydrogens (tertiary/aromatic N) is 1. The first kappa shape index (κ1) is 10.2. The van der Waals surface area contributed by atoms with Crippen LogP contribution in [-0.2, 0) is 0 Å². The van der Waals surface area contributed by atoms with Crippen LogP contribution in [0.25, 0.3) is 0 Å². The van der Waals surface area contributed by atoms with Gasteiger partial charge in [0.05, 0.1) is 17.3 Å². The molecule has 0 bridgehead atoms. The molecule has 2 aromatic rings. The summed E-state index contributed by atoms with van der Waals surface area (Å²) in [4.78, 5) is 0. The first-order valence-electron chi connectivity index (χ1n) is 4.81. The van der Waals surface area contributed by atoms with Crippen LogP contribution in [0.2, 0.25) is 0 Å². The predicted molar refractivity (Wildman–Crippen MR) is 60.8 cm³/mol. The Bertz CT molecular complexity index is 526. The largest absolute Gasteiger partial charge is 0.353 e. The second kappa shape index (κ2) is 4.45. The van der Waals surface area contributed by atoms with Crippen LogP contribution in [0.4, 0.5) is 15.8 Å². The fourth-order valence-electron chi connectivity index (χ4n) is 1.35. The zero-order valence-corrected chi connectivity index (χ0v) is 8.44. The van der Waals surface area contributed by atoms with Crippen molar-refractivity contribution in [3.8, 4) is 6.07 Å². The summed E-state index contributed by atoms with van der Waals surface area (Å²) < 4.78 is 13.3. The van der Waals surface area contributed by atoms with Gasteiger partial charge in [-0.15, -0.1) is 0 Å². The molecule has 3 heteroatoms. The highest BCUT2D eigenvalue weighted by Crippen LogP contribution is 2.19. The van der Waals surface area contributed by atoms with Crippen LogP contribution in [0.15, 0.2) is 48.5 Å². The summed E-state index contributed by atoms with van der Waals surface area (Å²) in [5.41, 5.74) is 1.76. The van der Waals surface area contributed by atoms with Gasteiger partial charge in [0.25, 0.3) is 0 Å². The zero-order valence-electron chi connectivity index (χ0n) is 8.44. The first-order chi connectivity index (χ1) is 7.79. The molecular formula is C13H9FN2. The summed E-state index contributed by atoms with van der Waals surface area (Å²) in [6, 6.07) is 15.3. The lowest BCUT2D eigenvalue weighted by atomic mass is 10.2. The molecule has 2 aromatic carbocycles. The molecule has 0 heterocycles. The molecule has 0 aromatic heterocycles. The summed E-state index contributed by atoms with van der Waals surface area (Å²) in [5, 5.41) is 11.6. The molecule has 1 N–H and O–H groups in total. The van der Waals surface area contributed by atoms with Crippen molar-refractivity contribution < 1.29 is 4.39 Å². The van der Waals surface area contributed by atoms with Crippen molar-refractivity contribution in [2.24, 2.45) is 0 Å². The number of hydrogen-bond acceptors (Lipinski definition) is 2. The molecule has 0 aliphatic rings. The number of anilines is 2. The minimum absolute atomic E-state index is 0.299. The van der Waals surface area contributed by atoms with E-state index in [-0.39, 0.29) is 5.82 Å². The maximum Gasteiger partial charge on any atom is 0.146 e. The predicted octanol–water partition coefficient (Wildman–Crippen LogP) is 3.44. The fraction of sp³-hybridized carbons (Fsp3) is 0. The van der Waals surface area contributed by atoms with E-state index in [9.17, 15) is 4.39 Å². The second-order valence-corrected chi connectivity index (χ2v) is 3.29. The molecule has 78 valence electrons. The molecule has 0 saturated carbocycles. The van der Waals surface area contributed by atoms with Crippen molar-refractivity contribution in [1.29, 1.82) is 5.26 Å². The van der Waals surface area contributed by atoms with E-state index >= 15 is 0 Å². The van der Waals surface area contributed by atoms with Gasteiger partial charge in [-0.1, -0.05) is 12.1 Å². The molecule has 0 aliphatic carbocycles. The number of halogens is 1. The third-order valence-corrected chi connectivity index (χ3v) is 2.17. The number of rotatable bonds is 2. The van der Waals surface area contributed by atoms with Crippen LogP contribution in [0.3, 0.4) is 0 Å². The number of nitrogens with one attached hydrogen (secondary N) is 1. The molecule has 0 amide bonds. The van der Waals surface area contributed by atoms with Crippen LogP contribution in [0.5, 0.6) is 0 Å². The van der Waals surface area contributed by atoms with Crippen molar-refractivity contribution in [3.63, 3.8) is 0 Å². The number of para-hydroxylation sites is 1. The van der Waals surface area contributed by atoms with Gasteiger partial charge in [-0.05, 0) is 36.4 Å². The molecule has 2 nitrogen and oxygen atoms in total. The molecule has 0 spiro atoms. The van der Waals surface area contributed by atoms with Gasteiger partial charge in [0, 0.05) is 5.69 Å². The molecule has 0 aliphatic heterocycles. The van der Waals surface area contributed by atoms with Crippen molar-refractivity contribution in [2.45, 2.75) is 0 Å². The smallest absolute Gasteiger partial charge is 0.146 e. The van der Waals surface area contributed by atoms with Gasteiger partial charge in [-0.2, -0.15) is 5.26 Å². The highest BCUT2D eigenvalue weighted by Gasteiger charge is 2.00. The Labute approximate surface area is 93.0 Å². The maximum absolute atomic E-state index is 13.3. The van der Waals surface area contributed by atoms with E-state index in [1.807, 2.05) is 6.07 Å². The SMILES string of the molecule is N#Cc1ccc(Nc2ccccc2F)cc1. The Morgan fingerprint density at radius 3 is 2.31 bits per heavy atom. The van der Waals surface area contributed by atoms with E-state index in [1.165, 1.54) is 6.07 Å². The van der Waals surface area contributed by atoms with E-state index < -0.39 is 0 Å². The standard InChI is InChI=1S/C13H9FN2/c14-12-3-1-2-4-13(12)16-11-7-5-10(9-15)6-8-11/h1-8,16H. The van der Waals surface area contributed by atoms with Crippen molar-refractivity contribution in [2.75, 3.05) is 5.32 Å². The highest BCUT2D eigenvalue weighted by molar-refractivity contribution is 5.60. The van der Waals surface area contributed by atoms with Gasteiger partial charge in [0.15, 0.2) is 0 Å². The van der Waals surface area contributed by atoms with Gasteiger partial charge in [0.1, 0.15) is 5.82 Å². The molecule has 0 saturated heterocycles. The Balaban J connectivity index is 2.22. The van der Waals surface area contributed by atoms with E-state index in [1.54, 1.807) is 42.5 Å². The Kier molecular flexibility index (Phi) is 2.84. The molecular weight excluding hydrogens is 203 g/mol. The zero-order chi connectivity index (χ0) is 11.4. The highest BCUT2D eigenvalue weighted by atomic mass is 19.1. The molecule has 0 unspecified atom stereocenters. The van der Waals surface area contributed by atoms with E-state index in [2.05, 4.69) is 5.32 Å². The average Bonchev–Trinajstić information content (AvgIpc) is 2.33. The van der Waals surface area contributed by atoms with Gasteiger partial charge < -0.3 is 5.32 Å². The van der Waals surface area contributed by atoms with Gasteiger partial charge in [-0.3, -0.25) is 0 Å². The number of benzene rings is 2. The number of hydrogen-bond donors (Lipinski definition) is 1. The molecule has 16 heavy (non-hydrogen) atoms. The third kappa shape index (κ3) is 2.18. The number of nitriles is 1. The first-order valence-corrected chi connectivity index (χ1v) is 4.81. The summed E-state index contributed by atoms with van der Waals surface area (Å²) in [7, 11) is 0. The molecule has 2 rings (SSSR count). The topological polar surface area (TPSA) is 35.8 Å². The monoisotopic (exact) mass is 212 g/mol. The Morgan fingerprint density at radius 2 is 1.69 bits per heavy atom. The van der Waals surface area contributed by atoms with Crippen molar-refractivity contribution in [3.05, 3.63) is 59.9 Å². The molecule has 0 radical (unpaired) electrons. The van der Waals surface area contributed by atoms with Crippen LogP contribution >= 0.6 is 0 Å². The van der Waals surface area contributed by atoms with Gasteiger partial charge >= 0.3 is 0 Å². The Hall–Kier alpha value is -2.34. The lowest BCUT2D eigenvalue weighted by molar-refractivity contribution is 0.632. The average molecular weight is 212 g/mol. The summed E-state index contributed by atoms with van der Waals surface area (Å²) >= 11 is 0. The van der Waals surface area contributed by atoms with Crippen molar-refractivity contribution in [1.82, 2.24) is 0 Å². The van der Waals surface area contributed by atoms with E-state index in [0.717, 1.165) is 5.69 Å². The van der Waals surface area contributed by atoms with E-state index in [0.29, 0.717) is 11.3 Å². The lowest BCUT2D eigenvalue weighted by Crippen LogP contribution is -1.92. The third-order valence-electron chi connectivity index (χ3n) is 2.17. The maximum atomic E-state index is 13.3.